The second kappa shape index (κ2) is 11.9. The monoisotopic (exact) mass is 506 g/mol. The van der Waals surface area contributed by atoms with E-state index in [-0.39, 0.29) is 17.9 Å². The van der Waals surface area contributed by atoms with Crippen LogP contribution in [0.2, 0.25) is 0 Å². The highest BCUT2D eigenvalue weighted by atomic mass is 16.5. The number of esters is 1. The lowest BCUT2D eigenvalue weighted by Crippen LogP contribution is -2.49. The van der Waals surface area contributed by atoms with E-state index in [1.807, 2.05) is 62.4 Å². The molecule has 10 heteroatoms. The molecule has 2 heterocycles. The first kappa shape index (κ1) is 26.2. The minimum Gasteiger partial charge on any atom is -0.495 e. The zero-order chi connectivity index (χ0) is 26.4. The van der Waals surface area contributed by atoms with Gasteiger partial charge in [0.1, 0.15) is 23.4 Å². The average Bonchev–Trinajstić information content (AvgIpc) is 2.91. The highest BCUT2D eigenvalue weighted by Crippen LogP contribution is 2.25. The number of nitrogens with zero attached hydrogens (tertiary/aromatic N) is 4. The third-order valence-corrected chi connectivity index (χ3v) is 6.44. The summed E-state index contributed by atoms with van der Waals surface area (Å²) in [6.45, 7) is 7.00. The Bertz CT molecular complexity index is 1240. The molecule has 1 atom stereocenters. The van der Waals surface area contributed by atoms with Crippen LogP contribution in [0.25, 0.3) is 10.9 Å². The van der Waals surface area contributed by atoms with E-state index in [0.29, 0.717) is 55.8 Å². The molecule has 0 bridgehead atoms. The Hall–Kier alpha value is -3.92. The molecule has 0 radical (unpaired) electrons. The van der Waals surface area contributed by atoms with Gasteiger partial charge in [-0.25, -0.2) is 19.6 Å². The van der Waals surface area contributed by atoms with Crippen molar-refractivity contribution < 1.29 is 19.1 Å². The Labute approximate surface area is 217 Å². The van der Waals surface area contributed by atoms with Crippen LogP contribution in [0.5, 0.6) is 5.75 Å². The second-order valence-electron chi connectivity index (χ2n) is 9.29. The first-order valence-corrected chi connectivity index (χ1v) is 12.4. The van der Waals surface area contributed by atoms with Crippen molar-refractivity contribution in [2.24, 2.45) is 5.92 Å². The molecule has 2 N–H and O–H groups in total. The van der Waals surface area contributed by atoms with Crippen LogP contribution in [-0.2, 0) is 16.1 Å². The number of rotatable bonds is 8. The fourth-order valence-corrected chi connectivity index (χ4v) is 4.33. The maximum Gasteiger partial charge on any atom is 0.328 e. The number of piperazine rings is 1. The molecule has 1 aromatic heterocycles. The van der Waals surface area contributed by atoms with Crippen molar-refractivity contribution >= 4 is 34.4 Å². The van der Waals surface area contributed by atoms with Crippen LogP contribution >= 0.6 is 0 Å². The molecule has 3 aromatic rings. The zero-order valence-electron chi connectivity index (χ0n) is 21.7. The standard InChI is InChI=1S/C27H34N6O4/c1-18(2)24(26(34)37-4)31-25-19-9-5-6-10-20(19)28-23(30-25)17-32-13-15-33(16-14-32)27(35)29-21-11-7-8-12-22(21)36-3/h5-12,18,24H,13-17H2,1-4H3,(H,29,35)(H,28,30,31)/t24-/m0/s1. The lowest BCUT2D eigenvalue weighted by atomic mass is 10.0. The molecular weight excluding hydrogens is 472 g/mol. The largest absolute Gasteiger partial charge is 0.495 e. The van der Waals surface area contributed by atoms with Gasteiger partial charge in [-0.1, -0.05) is 38.1 Å². The number of ether oxygens (including phenoxy) is 2. The number of nitrogens with one attached hydrogen (secondary N) is 2. The lowest BCUT2D eigenvalue weighted by Gasteiger charge is -2.34. The van der Waals surface area contributed by atoms with E-state index >= 15 is 0 Å². The number of hydrogen-bond acceptors (Lipinski definition) is 8. The van der Waals surface area contributed by atoms with Crippen molar-refractivity contribution in [1.82, 2.24) is 19.8 Å². The van der Waals surface area contributed by atoms with Crippen molar-refractivity contribution in [3.63, 3.8) is 0 Å². The lowest BCUT2D eigenvalue weighted by molar-refractivity contribution is -0.142. The van der Waals surface area contributed by atoms with Crippen LogP contribution in [0.4, 0.5) is 16.3 Å². The molecule has 10 nitrogen and oxygen atoms in total. The SMILES string of the molecule is COC(=O)[C@@H](Nc1nc(CN2CCN(C(=O)Nc3ccccc3OC)CC2)nc2ccccc12)C(C)C. The van der Waals surface area contributed by atoms with Crippen LogP contribution in [0, 0.1) is 5.92 Å². The van der Waals surface area contributed by atoms with Crippen LogP contribution < -0.4 is 15.4 Å². The van der Waals surface area contributed by atoms with E-state index in [9.17, 15) is 9.59 Å². The summed E-state index contributed by atoms with van der Waals surface area (Å²) in [4.78, 5) is 38.7. The van der Waals surface area contributed by atoms with Crippen LogP contribution in [-0.4, -0.2) is 78.2 Å². The van der Waals surface area contributed by atoms with Gasteiger partial charge in [0.25, 0.3) is 0 Å². The molecule has 37 heavy (non-hydrogen) atoms. The van der Waals surface area contributed by atoms with Crippen LogP contribution in [0.1, 0.15) is 19.7 Å². The van der Waals surface area contributed by atoms with Gasteiger partial charge >= 0.3 is 12.0 Å². The predicted molar refractivity (Wildman–Crippen MR) is 143 cm³/mol. The third kappa shape index (κ3) is 6.26. The minimum atomic E-state index is -0.526. The Balaban J connectivity index is 1.43. The fourth-order valence-electron chi connectivity index (χ4n) is 4.33. The molecule has 0 unspecified atom stereocenters. The highest BCUT2D eigenvalue weighted by molar-refractivity contribution is 5.92. The summed E-state index contributed by atoms with van der Waals surface area (Å²) >= 11 is 0. The van der Waals surface area contributed by atoms with Crippen molar-refractivity contribution in [2.75, 3.05) is 51.0 Å². The predicted octanol–water partition coefficient (Wildman–Crippen LogP) is 3.60. The second-order valence-corrected chi connectivity index (χ2v) is 9.29. The minimum absolute atomic E-state index is 0.0136. The number of methoxy groups -OCH3 is 2. The number of fused-ring (bicyclic) bond motifs is 1. The average molecular weight is 507 g/mol. The third-order valence-electron chi connectivity index (χ3n) is 6.44. The highest BCUT2D eigenvalue weighted by Gasteiger charge is 2.26. The summed E-state index contributed by atoms with van der Waals surface area (Å²) in [5, 5.41) is 7.07. The molecule has 0 spiro atoms. The van der Waals surface area contributed by atoms with Crippen molar-refractivity contribution in [3.8, 4) is 5.75 Å². The smallest absolute Gasteiger partial charge is 0.328 e. The molecule has 4 rings (SSSR count). The summed E-state index contributed by atoms with van der Waals surface area (Å²) < 4.78 is 10.3. The van der Waals surface area contributed by atoms with Gasteiger partial charge in [-0.15, -0.1) is 0 Å². The molecule has 1 aliphatic heterocycles. The summed E-state index contributed by atoms with van der Waals surface area (Å²) in [6, 6.07) is 14.4. The van der Waals surface area contributed by atoms with Gasteiger partial charge in [0.15, 0.2) is 0 Å². The van der Waals surface area contributed by atoms with E-state index in [1.54, 1.807) is 12.0 Å². The van der Waals surface area contributed by atoms with Gasteiger partial charge in [-0.2, -0.15) is 0 Å². The summed E-state index contributed by atoms with van der Waals surface area (Å²) in [5.74, 6) is 1.57. The number of urea groups is 1. The zero-order valence-corrected chi connectivity index (χ0v) is 21.7. The number of benzene rings is 2. The quantitative estimate of drug-likeness (QED) is 0.446. The van der Waals surface area contributed by atoms with Crippen LogP contribution in [0.15, 0.2) is 48.5 Å². The van der Waals surface area contributed by atoms with Gasteiger partial charge < -0.3 is 25.0 Å². The van der Waals surface area contributed by atoms with E-state index in [4.69, 9.17) is 19.4 Å². The van der Waals surface area contributed by atoms with Gasteiger partial charge in [0.2, 0.25) is 0 Å². The summed E-state index contributed by atoms with van der Waals surface area (Å²) in [6.07, 6.45) is 0. The normalized spacial score (nSPS) is 14.9. The molecule has 2 amide bonds. The maximum atomic E-state index is 12.8. The molecule has 0 aliphatic carbocycles. The number of para-hydroxylation sites is 3. The molecule has 196 valence electrons. The van der Waals surface area contributed by atoms with Crippen LogP contribution in [0.3, 0.4) is 0 Å². The van der Waals surface area contributed by atoms with E-state index < -0.39 is 6.04 Å². The number of aromatic nitrogens is 2. The molecule has 2 aromatic carbocycles. The molecule has 0 saturated carbocycles. The molecule has 1 aliphatic rings. The first-order chi connectivity index (χ1) is 17.9. The number of carbonyl (C=O) groups is 2. The van der Waals surface area contributed by atoms with Gasteiger partial charge in [-0.3, -0.25) is 4.90 Å². The summed E-state index contributed by atoms with van der Waals surface area (Å²) in [7, 11) is 2.97. The molecule has 1 saturated heterocycles. The Morgan fingerprint density at radius 2 is 1.68 bits per heavy atom. The Kier molecular flexibility index (Phi) is 8.39. The van der Waals surface area contributed by atoms with Crippen molar-refractivity contribution in [2.45, 2.75) is 26.4 Å². The van der Waals surface area contributed by atoms with Gasteiger partial charge in [-0.05, 0) is 30.2 Å². The number of hydrogen-bond donors (Lipinski definition) is 2. The molecule has 1 fully saturated rings. The Morgan fingerprint density at radius 1 is 0.973 bits per heavy atom. The van der Waals surface area contributed by atoms with E-state index in [2.05, 4.69) is 15.5 Å². The fraction of sp³-hybridized carbons (Fsp3) is 0.407. The number of amides is 2. The number of anilines is 2. The summed E-state index contributed by atoms with van der Waals surface area (Å²) in [5.41, 5.74) is 1.45. The van der Waals surface area contributed by atoms with E-state index in [0.717, 1.165) is 10.9 Å². The van der Waals surface area contributed by atoms with Gasteiger partial charge in [0.05, 0.1) is 32.0 Å². The van der Waals surface area contributed by atoms with Crippen molar-refractivity contribution in [3.05, 3.63) is 54.4 Å². The Morgan fingerprint density at radius 3 is 2.38 bits per heavy atom. The maximum absolute atomic E-state index is 12.8. The molecular formula is C27H34N6O4. The van der Waals surface area contributed by atoms with Crippen molar-refractivity contribution in [1.29, 1.82) is 0 Å². The van der Waals surface area contributed by atoms with E-state index in [1.165, 1.54) is 7.11 Å². The first-order valence-electron chi connectivity index (χ1n) is 12.4. The number of carbonyl (C=O) groups excluding carboxylic acids is 2. The topological polar surface area (TPSA) is 109 Å². The van der Waals surface area contributed by atoms with Gasteiger partial charge in [0, 0.05) is 31.6 Å².